The van der Waals surface area contributed by atoms with Crippen LogP contribution in [0.25, 0.3) is 0 Å². The molecule has 0 aliphatic carbocycles. The van der Waals surface area contributed by atoms with Crippen molar-refractivity contribution in [3.05, 3.63) is 53.9 Å². The zero-order valence-corrected chi connectivity index (χ0v) is 12.8. The van der Waals surface area contributed by atoms with Crippen LogP contribution in [0.4, 0.5) is 5.95 Å². The second kappa shape index (κ2) is 5.06. The Balaban J connectivity index is 1.63. The Labute approximate surface area is 130 Å². The van der Waals surface area contributed by atoms with Crippen molar-refractivity contribution >= 4 is 5.95 Å². The molecule has 1 N–H and O–H groups in total. The lowest BCUT2D eigenvalue weighted by molar-refractivity contribution is -0.00337. The summed E-state index contributed by atoms with van der Waals surface area (Å²) in [7, 11) is 0. The molecule has 0 radical (unpaired) electrons. The molecule has 2 bridgehead atoms. The van der Waals surface area contributed by atoms with Gasteiger partial charge in [0.25, 0.3) is 0 Å². The molecular weight excluding hydrogens is 274 g/mol. The lowest BCUT2D eigenvalue weighted by Gasteiger charge is -2.44. The van der Waals surface area contributed by atoms with Crippen molar-refractivity contribution in [1.82, 2.24) is 9.97 Å². The maximum atomic E-state index is 11.2. The number of hydrogen-bond acceptors (Lipinski definition) is 4. The predicted molar refractivity (Wildman–Crippen MR) is 85.6 cm³/mol. The Bertz CT molecular complexity index is 642. The van der Waals surface area contributed by atoms with Crippen molar-refractivity contribution in [2.24, 2.45) is 0 Å². The van der Waals surface area contributed by atoms with E-state index >= 15 is 0 Å². The summed E-state index contributed by atoms with van der Waals surface area (Å²) in [6, 6.07) is 10.8. The van der Waals surface area contributed by atoms with Gasteiger partial charge in [0.1, 0.15) is 0 Å². The van der Waals surface area contributed by atoms with E-state index in [0.717, 1.165) is 37.2 Å². The highest BCUT2D eigenvalue weighted by atomic mass is 16.3. The molecule has 2 aliphatic rings. The smallest absolute Gasteiger partial charge is 0.225 e. The van der Waals surface area contributed by atoms with Gasteiger partial charge in [0.05, 0.1) is 5.60 Å². The third-order valence-corrected chi connectivity index (χ3v) is 5.14. The van der Waals surface area contributed by atoms with Crippen molar-refractivity contribution in [2.75, 3.05) is 4.90 Å². The molecule has 1 aromatic heterocycles. The Kier molecular flexibility index (Phi) is 3.15. The average molecular weight is 295 g/mol. The maximum Gasteiger partial charge on any atom is 0.225 e. The van der Waals surface area contributed by atoms with Crippen LogP contribution in [0.5, 0.6) is 0 Å². The first-order chi connectivity index (χ1) is 10.7. The molecule has 114 valence electrons. The molecule has 2 unspecified atom stereocenters. The number of aromatic nitrogens is 2. The van der Waals surface area contributed by atoms with E-state index in [2.05, 4.69) is 46.1 Å². The van der Waals surface area contributed by atoms with Crippen LogP contribution in [-0.2, 0) is 5.60 Å². The fourth-order valence-corrected chi connectivity index (χ4v) is 4.08. The van der Waals surface area contributed by atoms with Crippen LogP contribution in [0.15, 0.2) is 42.7 Å². The predicted octanol–water partition coefficient (Wildman–Crippen LogP) is 2.80. The summed E-state index contributed by atoms with van der Waals surface area (Å²) in [6.45, 7) is 2.08. The maximum absolute atomic E-state index is 11.2. The Morgan fingerprint density at radius 2 is 1.64 bits per heavy atom. The summed E-state index contributed by atoms with van der Waals surface area (Å²) in [6.07, 6.45) is 7.31. The quantitative estimate of drug-likeness (QED) is 0.925. The molecule has 2 aliphatic heterocycles. The summed E-state index contributed by atoms with van der Waals surface area (Å²) < 4.78 is 0. The molecule has 4 heteroatoms. The SMILES string of the molecule is Cc1ccc(C2(O)CC3CCC(C2)N3c2ncccn2)cc1. The van der Waals surface area contributed by atoms with Crippen molar-refractivity contribution in [1.29, 1.82) is 0 Å². The summed E-state index contributed by atoms with van der Waals surface area (Å²) in [4.78, 5) is 11.1. The first-order valence-corrected chi connectivity index (χ1v) is 8.01. The number of anilines is 1. The van der Waals surface area contributed by atoms with E-state index in [-0.39, 0.29) is 0 Å². The number of rotatable bonds is 2. The number of aliphatic hydroxyl groups is 1. The van der Waals surface area contributed by atoms with Crippen LogP contribution in [0.1, 0.15) is 36.8 Å². The van der Waals surface area contributed by atoms with E-state index in [1.54, 1.807) is 12.4 Å². The number of piperidine rings is 1. The molecule has 4 nitrogen and oxygen atoms in total. The number of nitrogens with zero attached hydrogens (tertiary/aromatic N) is 3. The molecular formula is C18H21N3O. The minimum atomic E-state index is -0.717. The number of fused-ring (bicyclic) bond motifs is 2. The zero-order chi connectivity index (χ0) is 15.2. The van der Waals surface area contributed by atoms with Crippen LogP contribution in [0, 0.1) is 6.92 Å². The van der Waals surface area contributed by atoms with Gasteiger partial charge in [0, 0.05) is 37.3 Å². The van der Waals surface area contributed by atoms with E-state index in [4.69, 9.17) is 0 Å². The van der Waals surface area contributed by atoms with Crippen LogP contribution in [0.2, 0.25) is 0 Å². The lowest BCUT2D eigenvalue weighted by Crippen LogP contribution is -2.50. The highest BCUT2D eigenvalue weighted by molar-refractivity contribution is 5.39. The molecule has 22 heavy (non-hydrogen) atoms. The molecule has 0 spiro atoms. The zero-order valence-electron chi connectivity index (χ0n) is 12.8. The monoisotopic (exact) mass is 295 g/mol. The second-order valence-corrected chi connectivity index (χ2v) is 6.65. The van der Waals surface area contributed by atoms with Crippen LogP contribution >= 0.6 is 0 Å². The van der Waals surface area contributed by atoms with Gasteiger partial charge in [-0.2, -0.15) is 0 Å². The van der Waals surface area contributed by atoms with Crippen molar-refractivity contribution in [3.8, 4) is 0 Å². The van der Waals surface area contributed by atoms with Gasteiger partial charge in [-0.25, -0.2) is 9.97 Å². The molecule has 2 fully saturated rings. The normalized spacial score (nSPS) is 30.5. The van der Waals surface area contributed by atoms with Gasteiger partial charge in [-0.15, -0.1) is 0 Å². The summed E-state index contributed by atoms with van der Waals surface area (Å²) >= 11 is 0. The fourth-order valence-electron chi connectivity index (χ4n) is 4.08. The Hall–Kier alpha value is -1.94. The van der Waals surface area contributed by atoms with Gasteiger partial charge in [0.15, 0.2) is 0 Å². The van der Waals surface area contributed by atoms with Crippen molar-refractivity contribution in [3.63, 3.8) is 0 Å². The van der Waals surface area contributed by atoms with Gasteiger partial charge < -0.3 is 10.0 Å². The molecule has 0 amide bonds. The topological polar surface area (TPSA) is 49.2 Å². The molecule has 0 saturated carbocycles. The van der Waals surface area contributed by atoms with Crippen molar-refractivity contribution < 1.29 is 5.11 Å². The van der Waals surface area contributed by atoms with E-state index in [1.165, 1.54) is 5.56 Å². The first-order valence-electron chi connectivity index (χ1n) is 8.01. The third kappa shape index (κ3) is 2.18. The second-order valence-electron chi connectivity index (χ2n) is 6.65. The minimum absolute atomic E-state index is 0.326. The molecule has 2 aromatic rings. The molecule has 4 rings (SSSR count). The fraction of sp³-hybridized carbons (Fsp3) is 0.444. The summed E-state index contributed by atoms with van der Waals surface area (Å²) in [5, 5.41) is 11.2. The molecule has 3 heterocycles. The molecule has 2 saturated heterocycles. The van der Waals surface area contributed by atoms with E-state index in [9.17, 15) is 5.11 Å². The average Bonchev–Trinajstić information content (AvgIpc) is 2.81. The first kappa shape index (κ1) is 13.7. The van der Waals surface area contributed by atoms with Gasteiger partial charge in [-0.3, -0.25) is 0 Å². The number of aryl methyl sites for hydroxylation is 1. The van der Waals surface area contributed by atoms with E-state index in [0.29, 0.717) is 12.1 Å². The summed E-state index contributed by atoms with van der Waals surface area (Å²) in [5.41, 5.74) is 1.55. The Morgan fingerprint density at radius 1 is 1.05 bits per heavy atom. The number of hydrogen-bond donors (Lipinski definition) is 1. The lowest BCUT2D eigenvalue weighted by atomic mass is 9.80. The number of benzene rings is 1. The van der Waals surface area contributed by atoms with Gasteiger partial charge in [0.2, 0.25) is 5.95 Å². The highest BCUT2D eigenvalue weighted by Crippen LogP contribution is 2.46. The largest absolute Gasteiger partial charge is 0.385 e. The molecule has 2 atom stereocenters. The minimum Gasteiger partial charge on any atom is -0.385 e. The van der Waals surface area contributed by atoms with Crippen molar-refractivity contribution in [2.45, 2.75) is 50.3 Å². The Morgan fingerprint density at radius 3 is 2.23 bits per heavy atom. The van der Waals surface area contributed by atoms with E-state index < -0.39 is 5.60 Å². The highest BCUT2D eigenvalue weighted by Gasteiger charge is 2.49. The van der Waals surface area contributed by atoms with Gasteiger partial charge in [-0.1, -0.05) is 29.8 Å². The van der Waals surface area contributed by atoms with Gasteiger partial charge in [-0.05, 0) is 31.4 Å². The standard InChI is InChI=1S/C18H21N3O/c1-13-3-5-14(6-4-13)18(22)11-15-7-8-16(12-18)21(15)17-19-9-2-10-20-17/h2-6,9-10,15-16,22H,7-8,11-12H2,1H3. The van der Waals surface area contributed by atoms with E-state index in [1.807, 2.05) is 6.07 Å². The molecule has 1 aromatic carbocycles. The summed E-state index contributed by atoms with van der Waals surface area (Å²) in [5.74, 6) is 0.806. The van der Waals surface area contributed by atoms with Gasteiger partial charge >= 0.3 is 0 Å². The van der Waals surface area contributed by atoms with Crippen LogP contribution in [-0.4, -0.2) is 27.2 Å². The third-order valence-electron chi connectivity index (χ3n) is 5.14. The van der Waals surface area contributed by atoms with Crippen LogP contribution in [0.3, 0.4) is 0 Å². The van der Waals surface area contributed by atoms with Crippen LogP contribution < -0.4 is 4.90 Å².